The summed E-state index contributed by atoms with van der Waals surface area (Å²) >= 11 is 0. The first kappa shape index (κ1) is 97.0. The first-order valence-corrected chi connectivity index (χ1v) is 40.3. The number of unbranched alkanes of at least 4 members (excludes halogenated alkanes) is 15. The van der Waals surface area contributed by atoms with Gasteiger partial charge in [-0.05, 0) is 93.4 Å². The van der Waals surface area contributed by atoms with Crippen LogP contribution >= 0.6 is 7.60 Å². The lowest BCUT2D eigenvalue weighted by molar-refractivity contribution is -0.255. The highest BCUT2D eigenvalue weighted by Crippen LogP contribution is 2.47. The molecule has 0 aromatic carbocycles. The van der Waals surface area contributed by atoms with Crippen molar-refractivity contribution in [3.63, 3.8) is 0 Å². The first-order chi connectivity index (χ1) is 47.7. The number of carbonyl (C=O) groups is 6. The Kier molecular flexibility index (Phi) is 52.7. The molecule has 0 bridgehead atoms. The van der Waals surface area contributed by atoms with Crippen LogP contribution in [0.5, 0.6) is 0 Å². The van der Waals surface area contributed by atoms with Gasteiger partial charge in [0, 0.05) is 97.0 Å². The zero-order chi connectivity index (χ0) is 73.9. The molecule has 0 aromatic rings. The molecule has 3 heterocycles. The third-order valence-electron chi connectivity index (χ3n) is 21.2. The minimum atomic E-state index is -3.62. The van der Waals surface area contributed by atoms with Gasteiger partial charge in [-0.25, -0.2) is 0 Å². The summed E-state index contributed by atoms with van der Waals surface area (Å²) in [5.41, 5.74) is -1.33. The van der Waals surface area contributed by atoms with Crippen LogP contribution < -0.4 is 10.6 Å². The Hall–Kier alpha value is -3.03. The number of hydrogen-bond donors (Lipinski definition) is 3. The summed E-state index contributed by atoms with van der Waals surface area (Å²) in [6, 6.07) is 0. The van der Waals surface area contributed by atoms with Gasteiger partial charge in [0.25, 0.3) is 0 Å². The number of rotatable bonds is 58. The number of amides is 1. The number of hydrogen-bond acceptors (Lipinski definition) is 21. The van der Waals surface area contributed by atoms with Crippen molar-refractivity contribution in [1.29, 1.82) is 0 Å². The van der Waals surface area contributed by atoms with E-state index in [0.29, 0.717) is 69.9 Å². The Labute approximate surface area is 617 Å². The van der Waals surface area contributed by atoms with Crippen LogP contribution in [0.3, 0.4) is 0 Å². The Morgan fingerprint density at radius 2 is 0.716 bits per heavy atom. The zero-order valence-electron chi connectivity index (χ0n) is 64.4. The van der Waals surface area contributed by atoms with Crippen LogP contribution in [-0.2, 0) is 94.7 Å². The van der Waals surface area contributed by atoms with E-state index in [2.05, 4.69) is 72.9 Å². The molecule has 600 valence electrons. The highest BCUT2D eigenvalue weighted by atomic mass is 31.2. The van der Waals surface area contributed by atoms with Gasteiger partial charge in [0.05, 0.1) is 75.8 Å². The van der Waals surface area contributed by atoms with Gasteiger partial charge in [-0.2, -0.15) is 0 Å². The highest BCUT2D eigenvalue weighted by Gasteiger charge is 2.43. The van der Waals surface area contributed by atoms with Crippen molar-refractivity contribution in [1.82, 2.24) is 10.6 Å². The topological polar surface area (TPSA) is 284 Å². The smallest absolute Gasteiger partial charge is 0.330 e. The number of ketones is 2. The Bertz CT molecular complexity index is 2090. The van der Waals surface area contributed by atoms with E-state index in [1.54, 1.807) is 13.8 Å². The van der Waals surface area contributed by atoms with Crippen molar-refractivity contribution >= 4 is 43.0 Å². The molecule has 7 unspecified atom stereocenters. The second kappa shape index (κ2) is 55.4. The van der Waals surface area contributed by atoms with Crippen molar-refractivity contribution < 1.29 is 99.6 Å². The second-order valence-electron chi connectivity index (χ2n) is 29.6. The maximum Gasteiger partial charge on any atom is 0.330 e. The lowest BCUT2D eigenvalue weighted by Gasteiger charge is -2.43. The van der Waals surface area contributed by atoms with Gasteiger partial charge in [0.2, 0.25) is 5.91 Å². The molecule has 0 aliphatic carbocycles. The molecule has 16 atom stereocenters. The van der Waals surface area contributed by atoms with Crippen molar-refractivity contribution in [2.24, 2.45) is 53.3 Å². The third kappa shape index (κ3) is 40.2. The molecular weight excluding hydrogens is 1330 g/mol. The largest absolute Gasteiger partial charge is 0.463 e. The number of carbonyl (C=O) groups excluding carboxylic acids is 6. The summed E-state index contributed by atoms with van der Waals surface area (Å²) in [6.45, 7) is 31.7. The molecule has 23 nitrogen and oxygen atoms in total. The first-order valence-electron chi connectivity index (χ1n) is 38.6. The van der Waals surface area contributed by atoms with Crippen molar-refractivity contribution in [3.05, 3.63) is 0 Å². The lowest BCUT2D eigenvalue weighted by Crippen LogP contribution is -2.57. The van der Waals surface area contributed by atoms with E-state index in [0.717, 1.165) is 116 Å². The molecule has 0 aromatic heterocycles. The maximum absolute atomic E-state index is 13.2. The van der Waals surface area contributed by atoms with E-state index < -0.39 is 18.8 Å². The van der Waals surface area contributed by atoms with Crippen LogP contribution in [0, 0.1) is 53.3 Å². The number of nitrogens with one attached hydrogen (secondary N) is 2. The minimum Gasteiger partial charge on any atom is -0.463 e. The van der Waals surface area contributed by atoms with Gasteiger partial charge in [-0.15, -0.1) is 0 Å². The van der Waals surface area contributed by atoms with Crippen molar-refractivity contribution in [2.45, 2.75) is 314 Å². The molecule has 24 heteroatoms. The Balaban J connectivity index is 0.0000260. The summed E-state index contributed by atoms with van der Waals surface area (Å²) in [7, 11) is -3.62. The number of esters is 3. The fourth-order valence-corrected chi connectivity index (χ4v) is 13.6. The van der Waals surface area contributed by atoms with Crippen LogP contribution in [0.25, 0.3) is 0 Å². The summed E-state index contributed by atoms with van der Waals surface area (Å²) in [6.07, 6.45) is 16.6. The molecule has 102 heavy (non-hydrogen) atoms. The van der Waals surface area contributed by atoms with Gasteiger partial charge in [-0.3, -0.25) is 33.3 Å². The molecule has 3 aliphatic heterocycles. The van der Waals surface area contributed by atoms with E-state index in [9.17, 15) is 38.2 Å². The molecule has 3 saturated heterocycles. The van der Waals surface area contributed by atoms with E-state index in [1.807, 2.05) is 0 Å². The number of ether oxygens (including phenoxy) is 12. The van der Waals surface area contributed by atoms with Gasteiger partial charge in [0.1, 0.15) is 31.4 Å². The van der Waals surface area contributed by atoms with Gasteiger partial charge < -0.3 is 76.9 Å². The van der Waals surface area contributed by atoms with E-state index in [4.69, 9.17) is 61.4 Å². The summed E-state index contributed by atoms with van der Waals surface area (Å²) in [5.74, 6) is 1.54. The molecule has 3 rings (SSSR count). The zero-order valence-corrected chi connectivity index (χ0v) is 65.3. The van der Waals surface area contributed by atoms with Crippen LogP contribution in [0.15, 0.2) is 0 Å². The van der Waals surface area contributed by atoms with E-state index in [1.165, 1.54) is 20.8 Å². The van der Waals surface area contributed by atoms with Crippen molar-refractivity contribution in [2.75, 3.05) is 99.0 Å². The summed E-state index contributed by atoms with van der Waals surface area (Å²) in [4.78, 5) is 84.1. The molecule has 3 N–H and O–H groups in total. The average Bonchev–Trinajstić information content (AvgIpc) is 0.825. The normalized spacial score (nSPS) is 26.2. The molecule has 3 aliphatic rings. The highest BCUT2D eigenvalue weighted by molar-refractivity contribution is 7.53. The Morgan fingerprint density at radius 3 is 1.07 bits per heavy atom. The predicted octanol–water partition coefficient (Wildman–Crippen LogP) is 14.5. The lowest BCUT2D eigenvalue weighted by atomic mass is 9.79. The SMILES string of the molecule is C.C.CC(=O)OCC1O[C@@H](OCCCCCCCC(=O)CCOCC(COCCC(=O)CCCCCCCO[C@@H]2OC(COC(C)=O)[C@H](C)[C@H](C)C2C)(COCCC(=O)NCCCCCCO[C@@H]2OC(COC(C)=O)[C@H](C)[C@H](C)C2C)NCCCCCCCOP(=O)(O)C(C)C)C(C)[C@@H](C)[C@H]1C. The van der Waals surface area contributed by atoms with Crippen LogP contribution in [0.4, 0.5) is 0 Å². The van der Waals surface area contributed by atoms with Gasteiger partial charge in [0.15, 0.2) is 18.9 Å². The quantitative estimate of drug-likeness (QED) is 0.0221. The summed E-state index contributed by atoms with van der Waals surface area (Å²) in [5, 5.41) is 6.73. The standard InChI is InChI=1S/C76H139N2O21P.2CH4/c1-54(2)100(85,86)96-44-33-24-17-20-29-40-78-76(51-87-45-36-67(82)34-26-18-15-22-30-41-90-73-61(9)55(3)58(6)69(97-73)48-93-64(12)79,52-88-46-37-68(83)35-27-19-16-23-31-42-91-74-62(10)56(4)59(7)70(98-74)49-94-65(13)80)53-89-47-38-72(84)77-39-28-21-25-32-43-92-75-63(11)57(5)60(8)71(99-75)50-95-66(14)81;;/h54-63,69-71,73-75,78H,15-53H2,1-14H3,(H,77,84)(H,85,86);2*1H4/t55-,56-,57-,58+,59+,60+,61?,62?,63?,69?,70?,71?,73+,74+,75+,76?;;/m0../s1. The third-order valence-corrected chi connectivity index (χ3v) is 23.0. The van der Waals surface area contributed by atoms with Crippen molar-refractivity contribution in [3.8, 4) is 0 Å². The molecule has 0 saturated carbocycles. The van der Waals surface area contributed by atoms with Gasteiger partial charge in [-0.1, -0.05) is 162 Å². The maximum atomic E-state index is 13.2. The summed E-state index contributed by atoms with van der Waals surface area (Å²) < 4.78 is 89.7. The van der Waals surface area contributed by atoms with E-state index >= 15 is 0 Å². The molecule has 0 radical (unpaired) electrons. The molecular formula is C78H147N2O21P. The predicted molar refractivity (Wildman–Crippen MR) is 398 cm³/mol. The monoisotopic (exact) mass is 1480 g/mol. The Morgan fingerprint density at radius 1 is 0.402 bits per heavy atom. The van der Waals surface area contributed by atoms with Gasteiger partial charge >= 0.3 is 25.5 Å². The second-order valence-corrected chi connectivity index (χ2v) is 32.1. The molecule has 3 fully saturated rings. The van der Waals surface area contributed by atoms with Crippen LogP contribution in [0.1, 0.15) is 266 Å². The number of Topliss-reactive ketones (excluding diaryl/α,β-unsaturated/α-hetero) is 2. The van der Waals surface area contributed by atoms with E-state index in [-0.39, 0.29) is 208 Å². The minimum absolute atomic E-state index is 0. The molecule has 1 amide bonds. The van der Waals surface area contributed by atoms with Crippen LogP contribution in [-0.4, -0.2) is 188 Å². The fourth-order valence-electron chi connectivity index (χ4n) is 12.9. The average molecular weight is 1480 g/mol. The molecule has 0 spiro atoms. The fraction of sp³-hybridized carbons (Fsp3) is 0.923. The van der Waals surface area contributed by atoms with Crippen LogP contribution in [0.2, 0.25) is 0 Å².